The first kappa shape index (κ1) is 42.2. The van der Waals surface area contributed by atoms with E-state index in [-0.39, 0.29) is 66.8 Å². The number of ether oxygens (including phenoxy) is 1. The van der Waals surface area contributed by atoms with E-state index in [2.05, 4.69) is 49.9 Å². The molecule has 0 spiro atoms. The molecule has 4 fully saturated rings. The molecule has 4 aliphatic rings. The van der Waals surface area contributed by atoms with Crippen LogP contribution >= 0.6 is 0 Å². The molecule has 9 rings (SSSR count). The van der Waals surface area contributed by atoms with Crippen LogP contribution in [0, 0.1) is 0 Å². The monoisotopic (exact) mass is 858 g/mol. The van der Waals surface area contributed by atoms with Crippen LogP contribution in [0.25, 0.3) is 22.3 Å². The van der Waals surface area contributed by atoms with Gasteiger partial charge in [0.15, 0.2) is 5.82 Å². The number of fused-ring (bicyclic) bond motifs is 1. The second-order valence-corrected chi connectivity index (χ2v) is 17.9. The molecule has 3 aromatic heterocycles. The minimum Gasteiger partial charge on any atom is -0.507 e. The number of morpholine rings is 1. The molecule has 5 aromatic rings. The number of phenols is 1. The largest absolute Gasteiger partial charge is 0.507 e. The van der Waals surface area contributed by atoms with E-state index in [1.54, 1.807) is 34.2 Å². The second-order valence-electron chi connectivity index (χ2n) is 17.9. The Hall–Kier alpha value is -6.13. The number of likely N-dealkylation sites (tertiary alicyclic amines) is 2. The maximum absolute atomic E-state index is 16.5. The number of piperidine rings is 2. The highest BCUT2D eigenvalue weighted by molar-refractivity contribution is 6.06. The van der Waals surface area contributed by atoms with Gasteiger partial charge in [0.05, 0.1) is 29.4 Å². The van der Waals surface area contributed by atoms with Crippen LogP contribution in [-0.4, -0.2) is 117 Å². The molecule has 0 radical (unpaired) electrons. The Morgan fingerprint density at radius 3 is 2.46 bits per heavy atom. The first-order valence-electron chi connectivity index (χ1n) is 22.1. The van der Waals surface area contributed by atoms with Crippen LogP contribution in [0.1, 0.15) is 92.4 Å². The van der Waals surface area contributed by atoms with E-state index in [1.807, 2.05) is 49.4 Å². The van der Waals surface area contributed by atoms with E-state index in [9.17, 15) is 19.5 Å². The fraction of sp³-hybridized carbons (Fsp3) is 0.447. The predicted molar refractivity (Wildman–Crippen MR) is 238 cm³/mol. The van der Waals surface area contributed by atoms with Crippen LogP contribution in [0.4, 0.5) is 26.4 Å². The number of carbonyl (C=O) groups excluding carboxylic acids is 3. The van der Waals surface area contributed by atoms with Crippen LogP contribution in [0.15, 0.2) is 73.1 Å². The average Bonchev–Trinajstić information content (AvgIpc) is 3.66. The van der Waals surface area contributed by atoms with Crippen molar-refractivity contribution < 1.29 is 28.6 Å². The number of anilines is 3. The van der Waals surface area contributed by atoms with Crippen molar-refractivity contribution in [3.63, 3.8) is 0 Å². The zero-order chi connectivity index (χ0) is 44.0. The maximum Gasteiger partial charge on any atom is 0.328 e. The Morgan fingerprint density at radius 2 is 1.75 bits per heavy atom. The lowest BCUT2D eigenvalue weighted by atomic mass is 9.91. The zero-order valence-electron chi connectivity index (χ0n) is 36.0. The third-order valence-electron chi connectivity index (χ3n) is 13.2. The van der Waals surface area contributed by atoms with Crippen molar-refractivity contribution >= 4 is 46.1 Å². The van der Waals surface area contributed by atoms with Crippen molar-refractivity contribution in [1.29, 1.82) is 0 Å². The van der Waals surface area contributed by atoms with Gasteiger partial charge in [-0.1, -0.05) is 38.1 Å². The smallest absolute Gasteiger partial charge is 0.328 e. The third-order valence-corrected chi connectivity index (χ3v) is 13.2. The zero-order valence-corrected chi connectivity index (χ0v) is 36.0. The number of para-hydroxylation sites is 1. The van der Waals surface area contributed by atoms with Gasteiger partial charge in [-0.15, -0.1) is 10.2 Å². The normalized spacial score (nSPS) is 21.3. The summed E-state index contributed by atoms with van der Waals surface area (Å²) in [5.74, 6) is 0.261. The highest BCUT2D eigenvalue weighted by Crippen LogP contribution is 2.38. The van der Waals surface area contributed by atoms with Gasteiger partial charge < -0.3 is 34.8 Å². The standard InChI is InChI=1S/C47H55FN10O5/c1-29(2)37-26-58(44-36(37)22-34(24-50-44)57-19-14-42(60)51-46(57)62)33-12-17-54(18-13-33)28-47(48)15-20-55(21-16-47)45(61)32-10-8-31(9-11-32)41-27-56(25-30(3)63-41)39-23-38(52-53-43(39)49)35-6-4-5-7-40(35)59/h4-11,22-24,26,29-30,33,41,59H,12-21,25,27-28H2,1-3H3,(H2,49,53)(H,51,60,62)/t30-,41-/m0/s1. The number of amides is 4. The average molecular weight is 859 g/mol. The number of imide groups is 1. The number of benzene rings is 2. The van der Waals surface area contributed by atoms with Crippen molar-refractivity contribution in [2.24, 2.45) is 0 Å². The number of alkyl halides is 1. The summed E-state index contributed by atoms with van der Waals surface area (Å²) in [6.07, 6.45) is 6.03. The number of halogens is 1. The van der Waals surface area contributed by atoms with Crippen molar-refractivity contribution in [1.82, 2.24) is 34.9 Å². The highest BCUT2D eigenvalue weighted by Gasteiger charge is 2.39. The number of urea groups is 1. The molecule has 2 atom stereocenters. The summed E-state index contributed by atoms with van der Waals surface area (Å²) in [7, 11) is 0. The lowest BCUT2D eigenvalue weighted by Crippen LogP contribution is -2.51. The number of hydrogen-bond acceptors (Lipinski definition) is 11. The molecule has 4 amide bonds. The molecule has 4 saturated heterocycles. The summed E-state index contributed by atoms with van der Waals surface area (Å²) in [6.45, 7) is 10.3. The van der Waals surface area contributed by atoms with Gasteiger partial charge in [-0.25, -0.2) is 14.2 Å². The number of aromatic hydroxyl groups is 1. The van der Waals surface area contributed by atoms with Crippen molar-refractivity contribution in [3.8, 4) is 17.0 Å². The summed E-state index contributed by atoms with van der Waals surface area (Å²) in [5.41, 5.74) is 10.9. The fourth-order valence-corrected chi connectivity index (χ4v) is 9.69. The summed E-state index contributed by atoms with van der Waals surface area (Å²) < 4.78 is 25.1. The number of phenolic OH excluding ortho intramolecular Hbond substituents is 1. The van der Waals surface area contributed by atoms with Crippen LogP contribution in [-0.2, 0) is 9.53 Å². The number of nitrogen functional groups attached to an aromatic ring is 1. The van der Waals surface area contributed by atoms with Crippen LogP contribution < -0.4 is 20.9 Å². The molecule has 0 bridgehead atoms. The number of nitrogens with one attached hydrogen (secondary N) is 1. The number of nitrogens with two attached hydrogens (primary N) is 1. The maximum atomic E-state index is 16.5. The molecular weight excluding hydrogens is 804 g/mol. The second kappa shape index (κ2) is 17.2. The quantitative estimate of drug-likeness (QED) is 0.146. The van der Waals surface area contributed by atoms with Gasteiger partial charge in [-0.2, -0.15) is 0 Å². The van der Waals surface area contributed by atoms with Gasteiger partial charge in [0.25, 0.3) is 5.91 Å². The summed E-state index contributed by atoms with van der Waals surface area (Å²) in [4.78, 5) is 50.5. The molecule has 0 saturated carbocycles. The highest BCUT2D eigenvalue weighted by atomic mass is 19.1. The van der Waals surface area contributed by atoms with E-state index in [0.29, 0.717) is 67.5 Å². The van der Waals surface area contributed by atoms with Crippen molar-refractivity contribution in [3.05, 3.63) is 89.7 Å². The molecule has 0 unspecified atom stereocenters. The lowest BCUT2D eigenvalue weighted by Gasteiger charge is -2.41. The van der Waals surface area contributed by atoms with E-state index in [0.717, 1.165) is 48.1 Å². The summed E-state index contributed by atoms with van der Waals surface area (Å²) in [6, 6.07) is 18.1. The molecule has 15 nitrogen and oxygen atoms in total. The van der Waals surface area contributed by atoms with Crippen molar-refractivity contribution in [2.45, 2.75) is 82.7 Å². The van der Waals surface area contributed by atoms with Gasteiger partial charge in [0, 0.05) is 100 Å². The van der Waals surface area contributed by atoms with E-state index < -0.39 is 11.7 Å². The number of nitrogens with zero attached hydrogens (tertiary/aromatic N) is 8. The predicted octanol–water partition coefficient (Wildman–Crippen LogP) is 6.60. The summed E-state index contributed by atoms with van der Waals surface area (Å²) >= 11 is 0. The molecule has 2 aromatic carbocycles. The van der Waals surface area contributed by atoms with Crippen LogP contribution in [0.3, 0.4) is 0 Å². The van der Waals surface area contributed by atoms with Gasteiger partial charge in [-0.3, -0.25) is 19.8 Å². The Kier molecular flexibility index (Phi) is 11.5. The molecule has 4 N–H and O–H groups in total. The number of aromatic nitrogens is 4. The van der Waals surface area contributed by atoms with E-state index in [4.69, 9.17) is 15.5 Å². The Morgan fingerprint density at radius 1 is 1.00 bits per heavy atom. The Labute approximate surface area is 366 Å². The van der Waals surface area contributed by atoms with E-state index >= 15 is 4.39 Å². The first-order valence-corrected chi connectivity index (χ1v) is 22.1. The van der Waals surface area contributed by atoms with Gasteiger partial charge in [0.2, 0.25) is 5.91 Å². The molecular formula is C47H55FN10O5. The Balaban J connectivity index is 0.786. The first-order chi connectivity index (χ1) is 30.3. The Bertz CT molecular complexity index is 2510. The van der Waals surface area contributed by atoms with Gasteiger partial charge in [-0.05, 0) is 73.2 Å². The van der Waals surface area contributed by atoms with Crippen molar-refractivity contribution in [2.75, 3.05) is 67.9 Å². The van der Waals surface area contributed by atoms with Crippen LogP contribution in [0.5, 0.6) is 5.75 Å². The van der Waals surface area contributed by atoms with Gasteiger partial charge in [0.1, 0.15) is 23.2 Å². The van der Waals surface area contributed by atoms with Gasteiger partial charge >= 0.3 is 6.03 Å². The number of pyridine rings is 1. The van der Waals surface area contributed by atoms with E-state index in [1.165, 1.54) is 0 Å². The molecule has 330 valence electrons. The SMILES string of the molecule is CC(C)c1cn(C2CCN(CC3(F)CCN(C(=O)c4ccc([C@@H]5CN(c6cc(-c7ccccc7O)nnc6N)C[C@H](C)O5)cc4)CC3)CC2)c2ncc(N3CCC(=O)NC3=O)cc12. The fourth-order valence-electron chi connectivity index (χ4n) is 9.69. The topological polar surface area (TPSA) is 175 Å². The number of rotatable bonds is 9. The third kappa shape index (κ3) is 8.65. The molecule has 0 aliphatic carbocycles. The summed E-state index contributed by atoms with van der Waals surface area (Å²) in [5, 5.41) is 22.2. The number of carbonyl (C=O) groups is 3. The number of hydrogen-bond donors (Lipinski definition) is 3. The molecule has 63 heavy (non-hydrogen) atoms. The molecule has 4 aliphatic heterocycles. The minimum atomic E-state index is -1.38. The van der Waals surface area contributed by atoms with Crippen LogP contribution in [0.2, 0.25) is 0 Å². The molecule has 16 heteroatoms. The lowest BCUT2D eigenvalue weighted by molar-refractivity contribution is -0.120. The minimum absolute atomic E-state index is 0.106. The molecule has 7 heterocycles.